The van der Waals surface area contributed by atoms with Crippen LogP contribution in [0.25, 0.3) is 0 Å². The van der Waals surface area contributed by atoms with Gasteiger partial charge in [-0.25, -0.2) is 8.42 Å². The predicted octanol–water partition coefficient (Wildman–Crippen LogP) is 2.10. The standard InChI is InChI=1S/C15H15NO4S/c1-11-7-5-6-10-13(11)21(19,20)16-14(15(17)18)12-8-3-2-4-9-12/h2-10,14,16H,1H3,(H,17,18). The van der Waals surface area contributed by atoms with Crippen molar-refractivity contribution in [2.24, 2.45) is 0 Å². The molecule has 0 aliphatic rings. The highest BCUT2D eigenvalue weighted by atomic mass is 32.2. The number of aryl methyl sites for hydroxylation is 1. The Morgan fingerprint density at radius 1 is 1.05 bits per heavy atom. The Labute approximate surface area is 123 Å². The molecule has 1 unspecified atom stereocenters. The molecule has 0 saturated carbocycles. The summed E-state index contributed by atoms with van der Waals surface area (Å²) in [5, 5.41) is 9.28. The van der Waals surface area contributed by atoms with Crippen molar-refractivity contribution in [3.63, 3.8) is 0 Å². The van der Waals surface area contributed by atoms with Gasteiger partial charge in [0.1, 0.15) is 6.04 Å². The number of sulfonamides is 1. The topological polar surface area (TPSA) is 83.5 Å². The molecule has 0 aliphatic carbocycles. The lowest BCUT2D eigenvalue weighted by Gasteiger charge is -2.16. The van der Waals surface area contributed by atoms with Crippen LogP contribution in [0.4, 0.5) is 0 Å². The number of hydrogen-bond acceptors (Lipinski definition) is 3. The zero-order valence-electron chi connectivity index (χ0n) is 11.4. The summed E-state index contributed by atoms with van der Waals surface area (Å²) in [4.78, 5) is 11.4. The predicted molar refractivity (Wildman–Crippen MR) is 78.3 cm³/mol. The van der Waals surface area contributed by atoms with E-state index in [1.807, 2.05) is 0 Å². The first kappa shape index (κ1) is 15.2. The van der Waals surface area contributed by atoms with Crippen LogP contribution in [0.5, 0.6) is 0 Å². The van der Waals surface area contributed by atoms with E-state index in [1.165, 1.54) is 6.07 Å². The number of hydrogen-bond donors (Lipinski definition) is 2. The van der Waals surface area contributed by atoms with E-state index in [0.717, 1.165) is 0 Å². The number of aliphatic carboxylic acids is 1. The Bertz CT molecular complexity index is 741. The highest BCUT2D eigenvalue weighted by molar-refractivity contribution is 7.89. The van der Waals surface area contributed by atoms with Crippen molar-refractivity contribution in [3.05, 3.63) is 65.7 Å². The molecule has 6 heteroatoms. The molecule has 0 aliphatic heterocycles. The van der Waals surface area contributed by atoms with Crippen molar-refractivity contribution in [2.45, 2.75) is 17.9 Å². The first-order valence-electron chi connectivity index (χ1n) is 6.27. The minimum atomic E-state index is -3.91. The third-order valence-corrected chi connectivity index (χ3v) is 4.62. The van der Waals surface area contributed by atoms with Crippen LogP contribution in [-0.2, 0) is 14.8 Å². The number of nitrogens with one attached hydrogen (secondary N) is 1. The van der Waals surface area contributed by atoms with Crippen molar-refractivity contribution >= 4 is 16.0 Å². The summed E-state index contributed by atoms with van der Waals surface area (Å²) in [6, 6.07) is 13.3. The molecule has 5 nitrogen and oxygen atoms in total. The van der Waals surface area contributed by atoms with Crippen molar-refractivity contribution in [1.29, 1.82) is 0 Å². The molecule has 2 aromatic carbocycles. The maximum atomic E-state index is 12.4. The molecule has 2 N–H and O–H groups in total. The number of benzene rings is 2. The van der Waals surface area contributed by atoms with E-state index in [4.69, 9.17) is 0 Å². The fourth-order valence-corrected chi connectivity index (χ4v) is 3.41. The molecule has 110 valence electrons. The van der Waals surface area contributed by atoms with Gasteiger partial charge in [-0.05, 0) is 24.1 Å². The van der Waals surface area contributed by atoms with E-state index in [1.54, 1.807) is 55.5 Å². The van der Waals surface area contributed by atoms with E-state index in [2.05, 4.69) is 4.72 Å². The van der Waals surface area contributed by atoms with Crippen LogP contribution in [-0.4, -0.2) is 19.5 Å². The van der Waals surface area contributed by atoms with Gasteiger partial charge in [-0.2, -0.15) is 4.72 Å². The van der Waals surface area contributed by atoms with Gasteiger partial charge < -0.3 is 5.11 Å². The highest BCUT2D eigenvalue weighted by Crippen LogP contribution is 2.19. The third-order valence-electron chi connectivity index (χ3n) is 3.04. The molecule has 0 saturated heterocycles. The van der Waals surface area contributed by atoms with E-state index in [9.17, 15) is 18.3 Å². The number of carboxylic acids is 1. The molecule has 0 amide bonds. The van der Waals surface area contributed by atoms with E-state index in [0.29, 0.717) is 11.1 Å². The molecule has 0 radical (unpaired) electrons. The van der Waals surface area contributed by atoms with Gasteiger partial charge in [-0.3, -0.25) is 4.79 Å². The van der Waals surface area contributed by atoms with Crippen molar-refractivity contribution in [1.82, 2.24) is 4.72 Å². The van der Waals surface area contributed by atoms with E-state index >= 15 is 0 Å². The molecule has 0 bridgehead atoms. The second kappa shape index (κ2) is 6.07. The van der Waals surface area contributed by atoms with Gasteiger partial charge in [0.25, 0.3) is 0 Å². The normalized spacial score (nSPS) is 12.8. The number of carbonyl (C=O) groups is 1. The summed E-state index contributed by atoms with van der Waals surface area (Å²) in [6.07, 6.45) is 0. The Balaban J connectivity index is 2.38. The van der Waals surface area contributed by atoms with E-state index < -0.39 is 22.0 Å². The first-order valence-corrected chi connectivity index (χ1v) is 7.76. The van der Waals surface area contributed by atoms with Crippen LogP contribution in [0.1, 0.15) is 17.2 Å². The number of rotatable bonds is 5. The lowest BCUT2D eigenvalue weighted by Crippen LogP contribution is -2.34. The summed E-state index contributed by atoms with van der Waals surface area (Å²) < 4.78 is 27.0. The Kier molecular flexibility index (Phi) is 4.40. The summed E-state index contributed by atoms with van der Waals surface area (Å²) in [6.45, 7) is 1.66. The first-order chi connectivity index (χ1) is 9.92. The van der Waals surface area contributed by atoms with Gasteiger partial charge in [0.05, 0.1) is 4.90 Å². The summed E-state index contributed by atoms with van der Waals surface area (Å²) in [5.41, 5.74) is 0.935. The molecular formula is C15H15NO4S. The maximum absolute atomic E-state index is 12.4. The largest absolute Gasteiger partial charge is 0.480 e. The van der Waals surface area contributed by atoms with Crippen LogP contribution in [0.15, 0.2) is 59.5 Å². The van der Waals surface area contributed by atoms with Gasteiger partial charge in [0.15, 0.2) is 0 Å². The zero-order valence-corrected chi connectivity index (χ0v) is 12.2. The quantitative estimate of drug-likeness (QED) is 0.886. The van der Waals surface area contributed by atoms with Crippen molar-refractivity contribution in [2.75, 3.05) is 0 Å². The van der Waals surface area contributed by atoms with Gasteiger partial charge in [0, 0.05) is 0 Å². The Hall–Kier alpha value is -2.18. The lowest BCUT2D eigenvalue weighted by molar-refractivity contribution is -0.139. The average Bonchev–Trinajstić information content (AvgIpc) is 2.46. The molecular weight excluding hydrogens is 290 g/mol. The smallest absolute Gasteiger partial charge is 0.326 e. The second-order valence-electron chi connectivity index (χ2n) is 4.57. The monoisotopic (exact) mass is 305 g/mol. The summed E-state index contributed by atoms with van der Waals surface area (Å²) in [5.74, 6) is -1.25. The van der Waals surface area contributed by atoms with Gasteiger partial charge in [0.2, 0.25) is 10.0 Å². The molecule has 0 aromatic heterocycles. The number of carboxylic acid groups (broad SMARTS) is 1. The molecule has 0 spiro atoms. The van der Waals surface area contributed by atoms with Crippen LogP contribution in [0.3, 0.4) is 0 Å². The highest BCUT2D eigenvalue weighted by Gasteiger charge is 2.27. The maximum Gasteiger partial charge on any atom is 0.326 e. The lowest BCUT2D eigenvalue weighted by atomic mass is 10.1. The van der Waals surface area contributed by atoms with Gasteiger partial charge >= 0.3 is 5.97 Å². The van der Waals surface area contributed by atoms with Crippen LogP contribution >= 0.6 is 0 Å². The van der Waals surface area contributed by atoms with Crippen LogP contribution in [0.2, 0.25) is 0 Å². The molecule has 0 heterocycles. The zero-order chi connectivity index (χ0) is 15.5. The fourth-order valence-electron chi connectivity index (χ4n) is 1.98. The molecule has 2 aromatic rings. The van der Waals surface area contributed by atoms with Crippen molar-refractivity contribution < 1.29 is 18.3 Å². The average molecular weight is 305 g/mol. The Morgan fingerprint density at radius 2 is 1.62 bits per heavy atom. The summed E-state index contributed by atoms with van der Waals surface area (Å²) >= 11 is 0. The van der Waals surface area contributed by atoms with Gasteiger partial charge in [-0.15, -0.1) is 0 Å². The second-order valence-corrected chi connectivity index (χ2v) is 6.25. The molecule has 0 fully saturated rings. The van der Waals surface area contributed by atoms with Crippen molar-refractivity contribution in [3.8, 4) is 0 Å². The Morgan fingerprint density at radius 3 is 2.19 bits per heavy atom. The summed E-state index contributed by atoms with van der Waals surface area (Å²) in [7, 11) is -3.91. The molecule has 21 heavy (non-hydrogen) atoms. The SMILES string of the molecule is Cc1ccccc1S(=O)(=O)NC(C(=O)O)c1ccccc1. The fraction of sp³-hybridized carbons (Fsp3) is 0.133. The minimum absolute atomic E-state index is 0.0761. The van der Waals surface area contributed by atoms with Crippen LogP contribution < -0.4 is 4.72 Å². The molecule has 1 atom stereocenters. The minimum Gasteiger partial charge on any atom is -0.480 e. The van der Waals surface area contributed by atoms with E-state index in [-0.39, 0.29) is 4.90 Å². The van der Waals surface area contributed by atoms with Crippen LogP contribution in [0, 0.1) is 6.92 Å². The molecule has 2 rings (SSSR count). The third kappa shape index (κ3) is 3.48. The van der Waals surface area contributed by atoms with Gasteiger partial charge in [-0.1, -0.05) is 48.5 Å².